The van der Waals surface area contributed by atoms with Gasteiger partial charge in [-0.2, -0.15) is 5.06 Å². The SMILES string of the molecule is CC(=O)NCCCCN1CC=C(C)CO1. The number of unbranched alkanes of at least 4 members (excludes halogenated alkanes) is 1. The molecule has 1 aliphatic rings. The molecule has 0 aromatic heterocycles. The summed E-state index contributed by atoms with van der Waals surface area (Å²) in [5.41, 5.74) is 1.30. The third-order valence-corrected chi connectivity index (χ3v) is 2.33. The highest BCUT2D eigenvalue weighted by Crippen LogP contribution is 2.06. The highest BCUT2D eigenvalue weighted by atomic mass is 16.7. The standard InChI is InChI=1S/C11H20N2O2/c1-10-5-8-13(15-9-10)7-4-3-6-12-11(2)14/h5H,3-4,6-9H2,1-2H3,(H,12,14). The van der Waals surface area contributed by atoms with Gasteiger partial charge < -0.3 is 5.32 Å². The number of hydrogen-bond donors (Lipinski definition) is 1. The zero-order chi connectivity index (χ0) is 11.1. The molecule has 1 amide bonds. The Morgan fingerprint density at radius 3 is 3.00 bits per heavy atom. The van der Waals surface area contributed by atoms with Crippen molar-refractivity contribution in [1.82, 2.24) is 10.4 Å². The third kappa shape index (κ3) is 5.54. The number of nitrogens with one attached hydrogen (secondary N) is 1. The monoisotopic (exact) mass is 212 g/mol. The van der Waals surface area contributed by atoms with Crippen molar-refractivity contribution in [2.75, 3.05) is 26.2 Å². The van der Waals surface area contributed by atoms with Crippen molar-refractivity contribution in [3.8, 4) is 0 Å². The molecule has 1 rings (SSSR count). The first kappa shape index (κ1) is 12.2. The average Bonchev–Trinajstić information content (AvgIpc) is 2.20. The molecule has 0 saturated heterocycles. The Balaban J connectivity index is 1.99. The number of nitrogens with zero attached hydrogens (tertiary/aromatic N) is 1. The topological polar surface area (TPSA) is 41.6 Å². The first-order valence-corrected chi connectivity index (χ1v) is 5.46. The molecule has 15 heavy (non-hydrogen) atoms. The van der Waals surface area contributed by atoms with Gasteiger partial charge in [-0.1, -0.05) is 6.08 Å². The van der Waals surface area contributed by atoms with Crippen LogP contribution in [0.5, 0.6) is 0 Å². The van der Waals surface area contributed by atoms with Crippen molar-refractivity contribution in [3.05, 3.63) is 11.6 Å². The first-order chi connectivity index (χ1) is 7.18. The van der Waals surface area contributed by atoms with Gasteiger partial charge >= 0.3 is 0 Å². The second-order valence-corrected chi connectivity index (χ2v) is 3.90. The Hall–Kier alpha value is -0.870. The lowest BCUT2D eigenvalue weighted by molar-refractivity contribution is -0.150. The predicted molar refractivity (Wildman–Crippen MR) is 59.2 cm³/mol. The van der Waals surface area contributed by atoms with E-state index in [0.717, 1.165) is 32.5 Å². The summed E-state index contributed by atoms with van der Waals surface area (Å²) in [7, 11) is 0. The highest BCUT2D eigenvalue weighted by Gasteiger charge is 2.08. The second-order valence-electron chi connectivity index (χ2n) is 3.90. The quantitative estimate of drug-likeness (QED) is 0.548. The molecule has 0 radical (unpaired) electrons. The van der Waals surface area contributed by atoms with Crippen LogP contribution >= 0.6 is 0 Å². The fourth-order valence-corrected chi connectivity index (χ4v) is 1.40. The van der Waals surface area contributed by atoms with E-state index in [0.29, 0.717) is 6.61 Å². The van der Waals surface area contributed by atoms with Crippen LogP contribution in [0.25, 0.3) is 0 Å². The Kier molecular flexibility index (Phi) is 5.36. The van der Waals surface area contributed by atoms with Gasteiger partial charge in [-0.25, -0.2) is 0 Å². The smallest absolute Gasteiger partial charge is 0.216 e. The summed E-state index contributed by atoms with van der Waals surface area (Å²) in [5, 5.41) is 4.75. The maximum absolute atomic E-state index is 10.6. The van der Waals surface area contributed by atoms with Crippen LogP contribution in [0.1, 0.15) is 26.7 Å². The molecule has 4 nitrogen and oxygen atoms in total. The van der Waals surface area contributed by atoms with Crippen LogP contribution in [0.2, 0.25) is 0 Å². The zero-order valence-corrected chi connectivity index (χ0v) is 9.58. The van der Waals surface area contributed by atoms with Gasteiger partial charge in [0.1, 0.15) is 0 Å². The summed E-state index contributed by atoms with van der Waals surface area (Å²) >= 11 is 0. The van der Waals surface area contributed by atoms with E-state index in [4.69, 9.17) is 4.84 Å². The molecule has 0 fully saturated rings. The van der Waals surface area contributed by atoms with Crippen LogP contribution in [0.15, 0.2) is 11.6 Å². The van der Waals surface area contributed by atoms with E-state index in [9.17, 15) is 4.79 Å². The maximum atomic E-state index is 10.6. The van der Waals surface area contributed by atoms with Gasteiger partial charge in [-0.05, 0) is 25.3 Å². The Morgan fingerprint density at radius 1 is 1.60 bits per heavy atom. The molecule has 0 aromatic rings. The number of carbonyl (C=O) groups excluding carboxylic acids is 1. The lowest BCUT2D eigenvalue weighted by Gasteiger charge is -2.24. The second kappa shape index (κ2) is 6.58. The van der Waals surface area contributed by atoms with Gasteiger partial charge in [0.25, 0.3) is 0 Å². The highest BCUT2D eigenvalue weighted by molar-refractivity contribution is 5.72. The minimum absolute atomic E-state index is 0.0442. The van der Waals surface area contributed by atoms with Crippen molar-refractivity contribution < 1.29 is 9.63 Å². The Labute approximate surface area is 91.2 Å². The number of hydroxylamine groups is 2. The molecular weight excluding hydrogens is 192 g/mol. The molecule has 86 valence electrons. The first-order valence-electron chi connectivity index (χ1n) is 5.46. The molecule has 4 heteroatoms. The predicted octanol–water partition coefficient (Wildman–Crippen LogP) is 1.10. The van der Waals surface area contributed by atoms with Crippen molar-refractivity contribution in [2.45, 2.75) is 26.7 Å². The van der Waals surface area contributed by atoms with Crippen LogP contribution in [-0.2, 0) is 9.63 Å². The van der Waals surface area contributed by atoms with Crippen molar-refractivity contribution >= 4 is 5.91 Å². The van der Waals surface area contributed by atoms with Crippen molar-refractivity contribution in [1.29, 1.82) is 0 Å². The van der Waals surface area contributed by atoms with Gasteiger partial charge in [0, 0.05) is 26.6 Å². The van der Waals surface area contributed by atoms with E-state index in [-0.39, 0.29) is 5.91 Å². The summed E-state index contributed by atoms with van der Waals surface area (Å²) in [6.07, 6.45) is 4.24. The fraction of sp³-hybridized carbons (Fsp3) is 0.727. The fourth-order valence-electron chi connectivity index (χ4n) is 1.40. The number of hydrogen-bond acceptors (Lipinski definition) is 3. The summed E-state index contributed by atoms with van der Waals surface area (Å²) in [6, 6.07) is 0. The molecule has 0 aliphatic carbocycles. The van der Waals surface area contributed by atoms with E-state index in [1.807, 2.05) is 5.06 Å². The number of carbonyl (C=O) groups is 1. The van der Waals surface area contributed by atoms with Gasteiger partial charge in [-0.15, -0.1) is 0 Å². The molecule has 0 saturated carbocycles. The van der Waals surface area contributed by atoms with Crippen LogP contribution in [-0.4, -0.2) is 37.2 Å². The lowest BCUT2D eigenvalue weighted by atomic mass is 10.2. The molecule has 0 unspecified atom stereocenters. The average molecular weight is 212 g/mol. The normalized spacial score (nSPS) is 17.3. The van der Waals surface area contributed by atoms with E-state index >= 15 is 0 Å². The maximum Gasteiger partial charge on any atom is 0.216 e. The minimum Gasteiger partial charge on any atom is -0.356 e. The van der Waals surface area contributed by atoms with Gasteiger partial charge in [0.15, 0.2) is 0 Å². The van der Waals surface area contributed by atoms with E-state index in [1.54, 1.807) is 6.92 Å². The molecule has 0 atom stereocenters. The molecule has 1 heterocycles. The van der Waals surface area contributed by atoms with Gasteiger partial charge in [0.2, 0.25) is 5.91 Å². The summed E-state index contributed by atoms with van der Waals surface area (Å²) in [4.78, 5) is 16.1. The molecule has 1 aliphatic heterocycles. The third-order valence-electron chi connectivity index (χ3n) is 2.33. The van der Waals surface area contributed by atoms with Crippen LogP contribution in [0, 0.1) is 0 Å². The minimum atomic E-state index is 0.0442. The zero-order valence-electron chi connectivity index (χ0n) is 9.58. The molecule has 0 aromatic carbocycles. The van der Waals surface area contributed by atoms with Gasteiger partial charge in [0.05, 0.1) is 6.61 Å². The molecular formula is C11H20N2O2. The van der Waals surface area contributed by atoms with E-state index < -0.39 is 0 Å². The Morgan fingerprint density at radius 2 is 2.40 bits per heavy atom. The van der Waals surface area contributed by atoms with Crippen molar-refractivity contribution in [3.63, 3.8) is 0 Å². The molecule has 0 bridgehead atoms. The number of rotatable bonds is 5. The van der Waals surface area contributed by atoms with Crippen LogP contribution < -0.4 is 5.32 Å². The van der Waals surface area contributed by atoms with Crippen molar-refractivity contribution in [2.24, 2.45) is 0 Å². The van der Waals surface area contributed by atoms with Gasteiger partial charge in [-0.3, -0.25) is 9.63 Å². The van der Waals surface area contributed by atoms with Crippen LogP contribution in [0.3, 0.4) is 0 Å². The Bertz CT molecular complexity index is 239. The summed E-state index contributed by atoms with van der Waals surface area (Å²) < 4.78 is 0. The lowest BCUT2D eigenvalue weighted by Crippen LogP contribution is -2.30. The summed E-state index contributed by atoms with van der Waals surface area (Å²) in [6.45, 7) is 6.91. The summed E-state index contributed by atoms with van der Waals surface area (Å²) in [5.74, 6) is 0.0442. The largest absolute Gasteiger partial charge is 0.356 e. The molecule has 1 N–H and O–H groups in total. The van der Waals surface area contributed by atoms with E-state index in [2.05, 4.69) is 18.3 Å². The number of amides is 1. The van der Waals surface area contributed by atoms with E-state index in [1.165, 1.54) is 5.57 Å². The van der Waals surface area contributed by atoms with Crippen LogP contribution in [0.4, 0.5) is 0 Å². The molecule has 0 spiro atoms.